The molecule has 0 spiro atoms. The summed E-state index contributed by atoms with van der Waals surface area (Å²) in [5.74, 6) is 0.728. The van der Waals surface area contributed by atoms with Crippen molar-refractivity contribution in [1.29, 1.82) is 0 Å². The standard InChI is InChI=1S/C14H21FO2/c1-4-11(5-2)9-17-14-7-6-12(15)8-13(14)10(3)16/h6-8,10-11,16H,4-5,9H2,1-3H3/t10-/m1/s1. The van der Waals surface area contributed by atoms with E-state index in [1.807, 2.05) is 0 Å². The normalized spacial score (nSPS) is 12.8. The third-order valence-electron chi connectivity index (χ3n) is 3.05. The molecular formula is C14H21FO2. The number of benzene rings is 1. The maximum atomic E-state index is 13.1. The van der Waals surface area contributed by atoms with Gasteiger partial charge in [-0.1, -0.05) is 26.7 Å². The summed E-state index contributed by atoms with van der Waals surface area (Å²) >= 11 is 0. The van der Waals surface area contributed by atoms with Gasteiger partial charge in [0.05, 0.1) is 12.7 Å². The molecule has 0 bridgehead atoms. The molecule has 0 heterocycles. The molecule has 1 rings (SSSR count). The van der Waals surface area contributed by atoms with E-state index in [0.717, 1.165) is 12.8 Å². The van der Waals surface area contributed by atoms with Gasteiger partial charge in [-0.25, -0.2) is 4.39 Å². The van der Waals surface area contributed by atoms with Crippen LogP contribution in [0.1, 0.15) is 45.3 Å². The fourth-order valence-electron chi connectivity index (χ4n) is 1.71. The highest BCUT2D eigenvalue weighted by molar-refractivity contribution is 5.35. The van der Waals surface area contributed by atoms with Crippen LogP contribution >= 0.6 is 0 Å². The predicted molar refractivity (Wildman–Crippen MR) is 66.6 cm³/mol. The summed E-state index contributed by atoms with van der Waals surface area (Å²) in [5, 5.41) is 9.56. The second-order valence-electron chi connectivity index (χ2n) is 4.35. The summed E-state index contributed by atoms with van der Waals surface area (Å²) in [4.78, 5) is 0. The van der Waals surface area contributed by atoms with Crippen molar-refractivity contribution < 1.29 is 14.2 Å². The van der Waals surface area contributed by atoms with Gasteiger partial charge in [-0.05, 0) is 31.0 Å². The van der Waals surface area contributed by atoms with Crippen molar-refractivity contribution in [1.82, 2.24) is 0 Å². The fraction of sp³-hybridized carbons (Fsp3) is 0.571. The van der Waals surface area contributed by atoms with Crippen LogP contribution < -0.4 is 4.74 Å². The van der Waals surface area contributed by atoms with Crippen molar-refractivity contribution in [2.75, 3.05) is 6.61 Å². The van der Waals surface area contributed by atoms with Gasteiger partial charge >= 0.3 is 0 Å². The lowest BCUT2D eigenvalue weighted by Crippen LogP contribution is -2.11. The molecule has 1 N–H and O–H groups in total. The third-order valence-corrected chi connectivity index (χ3v) is 3.05. The Kier molecular flexibility index (Phi) is 5.42. The minimum atomic E-state index is -0.720. The Balaban J connectivity index is 2.76. The van der Waals surface area contributed by atoms with Crippen LogP contribution in [-0.4, -0.2) is 11.7 Å². The lowest BCUT2D eigenvalue weighted by atomic mass is 10.0. The number of hydrogen-bond donors (Lipinski definition) is 1. The Morgan fingerprint density at radius 2 is 1.94 bits per heavy atom. The topological polar surface area (TPSA) is 29.5 Å². The van der Waals surface area contributed by atoms with Crippen molar-refractivity contribution in [3.05, 3.63) is 29.6 Å². The Bertz CT molecular complexity index is 346. The van der Waals surface area contributed by atoms with Gasteiger partial charge in [0.2, 0.25) is 0 Å². The van der Waals surface area contributed by atoms with E-state index in [0.29, 0.717) is 23.8 Å². The molecule has 0 amide bonds. The first-order valence-corrected chi connectivity index (χ1v) is 6.18. The molecule has 17 heavy (non-hydrogen) atoms. The maximum absolute atomic E-state index is 13.1. The number of ether oxygens (including phenoxy) is 1. The first-order valence-electron chi connectivity index (χ1n) is 6.18. The second-order valence-corrected chi connectivity index (χ2v) is 4.35. The Morgan fingerprint density at radius 1 is 1.29 bits per heavy atom. The van der Waals surface area contributed by atoms with Gasteiger partial charge in [-0.2, -0.15) is 0 Å². The predicted octanol–water partition coefficient (Wildman–Crippen LogP) is 3.69. The largest absolute Gasteiger partial charge is 0.493 e. The molecule has 0 unspecified atom stereocenters. The first-order chi connectivity index (χ1) is 8.08. The highest BCUT2D eigenvalue weighted by atomic mass is 19.1. The van der Waals surface area contributed by atoms with E-state index in [9.17, 15) is 9.50 Å². The molecule has 1 aromatic rings. The van der Waals surface area contributed by atoms with Crippen LogP contribution in [0.25, 0.3) is 0 Å². The number of aliphatic hydroxyl groups is 1. The minimum Gasteiger partial charge on any atom is -0.493 e. The zero-order valence-electron chi connectivity index (χ0n) is 10.7. The second kappa shape index (κ2) is 6.60. The van der Waals surface area contributed by atoms with Gasteiger partial charge < -0.3 is 9.84 Å². The van der Waals surface area contributed by atoms with Crippen molar-refractivity contribution in [2.45, 2.75) is 39.7 Å². The molecule has 0 aliphatic carbocycles. The van der Waals surface area contributed by atoms with E-state index >= 15 is 0 Å². The van der Waals surface area contributed by atoms with Crippen LogP contribution in [0.15, 0.2) is 18.2 Å². The van der Waals surface area contributed by atoms with Crippen LogP contribution in [0.5, 0.6) is 5.75 Å². The summed E-state index contributed by atoms with van der Waals surface area (Å²) in [7, 11) is 0. The highest BCUT2D eigenvalue weighted by Crippen LogP contribution is 2.26. The molecular weight excluding hydrogens is 219 g/mol. The Hall–Kier alpha value is -1.09. The van der Waals surface area contributed by atoms with Crippen LogP contribution in [0, 0.1) is 11.7 Å². The van der Waals surface area contributed by atoms with Crippen LogP contribution in [0.4, 0.5) is 4.39 Å². The molecule has 0 radical (unpaired) electrons. The molecule has 0 saturated carbocycles. The van der Waals surface area contributed by atoms with Gasteiger partial charge in [0.1, 0.15) is 11.6 Å². The summed E-state index contributed by atoms with van der Waals surface area (Å²) in [6.45, 7) is 6.46. The molecule has 3 heteroatoms. The number of halogens is 1. The van der Waals surface area contributed by atoms with Gasteiger partial charge in [0.15, 0.2) is 0 Å². The molecule has 96 valence electrons. The monoisotopic (exact) mass is 240 g/mol. The summed E-state index contributed by atoms with van der Waals surface area (Å²) in [6.07, 6.45) is 1.39. The summed E-state index contributed by atoms with van der Waals surface area (Å²) < 4.78 is 18.7. The molecule has 0 aromatic heterocycles. The fourth-order valence-corrected chi connectivity index (χ4v) is 1.71. The highest BCUT2D eigenvalue weighted by Gasteiger charge is 2.12. The SMILES string of the molecule is CCC(CC)COc1ccc(F)cc1[C@@H](C)O. The maximum Gasteiger partial charge on any atom is 0.125 e. The molecule has 0 aliphatic rings. The minimum absolute atomic E-state index is 0.351. The van der Waals surface area contributed by atoms with Gasteiger partial charge in [0.25, 0.3) is 0 Å². The number of aliphatic hydroxyl groups excluding tert-OH is 1. The van der Waals surface area contributed by atoms with E-state index in [1.54, 1.807) is 13.0 Å². The van der Waals surface area contributed by atoms with E-state index in [-0.39, 0.29) is 5.82 Å². The van der Waals surface area contributed by atoms with Crippen molar-refractivity contribution >= 4 is 0 Å². The zero-order valence-corrected chi connectivity index (χ0v) is 10.7. The zero-order chi connectivity index (χ0) is 12.8. The molecule has 0 fully saturated rings. The van der Waals surface area contributed by atoms with Crippen molar-refractivity contribution in [3.63, 3.8) is 0 Å². The van der Waals surface area contributed by atoms with E-state index in [4.69, 9.17) is 4.74 Å². The third kappa shape index (κ3) is 4.00. The van der Waals surface area contributed by atoms with Gasteiger partial charge in [0, 0.05) is 5.56 Å². The average Bonchev–Trinajstić information content (AvgIpc) is 2.31. The van der Waals surface area contributed by atoms with Crippen molar-refractivity contribution in [2.24, 2.45) is 5.92 Å². The lowest BCUT2D eigenvalue weighted by molar-refractivity contribution is 0.184. The Labute approximate surface area is 102 Å². The van der Waals surface area contributed by atoms with Crippen LogP contribution in [-0.2, 0) is 0 Å². The molecule has 1 atom stereocenters. The van der Waals surface area contributed by atoms with Crippen molar-refractivity contribution in [3.8, 4) is 5.75 Å². The van der Waals surface area contributed by atoms with E-state index in [2.05, 4.69) is 13.8 Å². The summed E-state index contributed by atoms with van der Waals surface area (Å²) in [5.41, 5.74) is 0.510. The average molecular weight is 240 g/mol. The molecule has 2 nitrogen and oxygen atoms in total. The van der Waals surface area contributed by atoms with E-state index in [1.165, 1.54) is 12.1 Å². The van der Waals surface area contributed by atoms with Gasteiger partial charge in [-0.3, -0.25) is 0 Å². The van der Waals surface area contributed by atoms with Gasteiger partial charge in [-0.15, -0.1) is 0 Å². The first kappa shape index (κ1) is 14.0. The smallest absolute Gasteiger partial charge is 0.125 e. The summed E-state index contributed by atoms with van der Waals surface area (Å²) in [6, 6.07) is 4.26. The molecule has 0 saturated heterocycles. The number of rotatable bonds is 6. The van der Waals surface area contributed by atoms with E-state index < -0.39 is 6.10 Å². The quantitative estimate of drug-likeness (QED) is 0.821. The lowest BCUT2D eigenvalue weighted by Gasteiger charge is -2.17. The molecule has 0 aliphatic heterocycles. The number of hydrogen-bond acceptors (Lipinski definition) is 2. The van der Waals surface area contributed by atoms with Crippen LogP contribution in [0.2, 0.25) is 0 Å². The Morgan fingerprint density at radius 3 is 2.47 bits per heavy atom. The van der Waals surface area contributed by atoms with Crippen LogP contribution in [0.3, 0.4) is 0 Å². The molecule has 1 aromatic carbocycles.